The molecule has 1 aliphatic carbocycles. The molecule has 112 valence electrons. The van der Waals surface area contributed by atoms with Crippen molar-refractivity contribution in [1.29, 1.82) is 0 Å². The minimum atomic E-state index is -3.51. The molecule has 20 heavy (non-hydrogen) atoms. The zero-order valence-electron chi connectivity index (χ0n) is 11.7. The number of aliphatic hydroxyl groups is 1. The van der Waals surface area contributed by atoms with Gasteiger partial charge in [0.1, 0.15) is 0 Å². The summed E-state index contributed by atoms with van der Waals surface area (Å²) in [6.07, 6.45) is 7.19. The predicted molar refractivity (Wildman–Crippen MR) is 78.7 cm³/mol. The predicted octanol–water partition coefficient (Wildman–Crippen LogP) is 2.43. The van der Waals surface area contributed by atoms with Gasteiger partial charge >= 0.3 is 0 Å². The maximum Gasteiger partial charge on any atom is 0.240 e. The molecule has 2 rings (SSSR count). The Morgan fingerprint density at radius 2 is 1.85 bits per heavy atom. The first-order chi connectivity index (χ1) is 9.63. The number of rotatable bonds is 6. The van der Waals surface area contributed by atoms with Crippen molar-refractivity contribution in [3.63, 3.8) is 0 Å². The highest BCUT2D eigenvalue weighted by Gasteiger charge is 2.19. The van der Waals surface area contributed by atoms with Gasteiger partial charge in [-0.15, -0.1) is 0 Å². The maximum absolute atomic E-state index is 12.2. The molecule has 1 aromatic rings. The average molecular weight is 297 g/mol. The van der Waals surface area contributed by atoms with E-state index >= 15 is 0 Å². The van der Waals surface area contributed by atoms with Crippen molar-refractivity contribution in [2.75, 3.05) is 6.54 Å². The lowest BCUT2D eigenvalue weighted by molar-refractivity contribution is 0.278. The summed E-state index contributed by atoms with van der Waals surface area (Å²) in [7, 11) is -3.51. The van der Waals surface area contributed by atoms with E-state index in [1.165, 1.54) is 38.2 Å². The van der Waals surface area contributed by atoms with E-state index in [0.717, 1.165) is 6.42 Å². The molecule has 0 aromatic heterocycles. The van der Waals surface area contributed by atoms with Crippen LogP contribution in [0.1, 0.15) is 44.1 Å². The van der Waals surface area contributed by atoms with Crippen molar-refractivity contribution >= 4 is 10.0 Å². The molecule has 0 aliphatic heterocycles. The van der Waals surface area contributed by atoms with Gasteiger partial charge < -0.3 is 5.11 Å². The van der Waals surface area contributed by atoms with Gasteiger partial charge in [0.25, 0.3) is 0 Å². The second-order valence-corrected chi connectivity index (χ2v) is 7.19. The number of nitrogens with one attached hydrogen (secondary N) is 1. The molecule has 0 unspecified atom stereocenters. The Bertz CT molecular complexity index is 522. The first kappa shape index (κ1) is 15.5. The average Bonchev–Trinajstić information content (AvgIpc) is 2.48. The molecule has 0 radical (unpaired) electrons. The van der Waals surface area contributed by atoms with E-state index < -0.39 is 10.0 Å². The van der Waals surface area contributed by atoms with Gasteiger partial charge in [0.2, 0.25) is 10.0 Å². The number of benzene rings is 1. The summed E-state index contributed by atoms with van der Waals surface area (Å²) in [5, 5.41) is 9.22. The van der Waals surface area contributed by atoms with Crippen LogP contribution in [0.25, 0.3) is 0 Å². The standard InChI is InChI=1S/C15H23NO3S/c17-12-14-8-4-5-9-15(14)20(18,19)16-11-10-13-6-2-1-3-7-13/h4-5,8-9,13,16-17H,1-3,6-7,10-12H2. The molecule has 0 amide bonds. The van der Waals surface area contributed by atoms with Crippen molar-refractivity contribution < 1.29 is 13.5 Å². The van der Waals surface area contributed by atoms with Gasteiger partial charge in [0.05, 0.1) is 11.5 Å². The molecule has 5 heteroatoms. The van der Waals surface area contributed by atoms with Crippen LogP contribution < -0.4 is 4.72 Å². The summed E-state index contributed by atoms with van der Waals surface area (Å²) in [6, 6.07) is 6.58. The quantitative estimate of drug-likeness (QED) is 0.847. The fourth-order valence-electron chi connectivity index (χ4n) is 2.85. The lowest BCUT2D eigenvalue weighted by atomic mass is 9.87. The van der Waals surface area contributed by atoms with Gasteiger partial charge in [-0.3, -0.25) is 0 Å². The van der Waals surface area contributed by atoms with Gasteiger partial charge in [-0.2, -0.15) is 0 Å². The van der Waals surface area contributed by atoms with E-state index in [0.29, 0.717) is 18.0 Å². The lowest BCUT2D eigenvalue weighted by Crippen LogP contribution is -2.27. The van der Waals surface area contributed by atoms with E-state index in [9.17, 15) is 13.5 Å². The van der Waals surface area contributed by atoms with Crippen molar-refractivity contribution in [3.05, 3.63) is 29.8 Å². The summed E-state index contributed by atoms with van der Waals surface area (Å²) in [6.45, 7) is 0.215. The Hall–Kier alpha value is -0.910. The van der Waals surface area contributed by atoms with Crippen molar-refractivity contribution in [2.24, 2.45) is 5.92 Å². The number of hydrogen-bond acceptors (Lipinski definition) is 3. The largest absolute Gasteiger partial charge is 0.392 e. The highest BCUT2D eigenvalue weighted by atomic mass is 32.2. The molecular formula is C15H23NO3S. The first-order valence-corrected chi connectivity index (χ1v) is 8.80. The van der Waals surface area contributed by atoms with Crippen molar-refractivity contribution in [3.8, 4) is 0 Å². The van der Waals surface area contributed by atoms with Crippen LogP contribution in [0.5, 0.6) is 0 Å². The molecule has 4 nitrogen and oxygen atoms in total. The highest BCUT2D eigenvalue weighted by molar-refractivity contribution is 7.89. The maximum atomic E-state index is 12.2. The molecule has 1 aliphatic rings. The first-order valence-electron chi connectivity index (χ1n) is 7.32. The zero-order chi connectivity index (χ0) is 14.4. The van der Waals surface area contributed by atoms with Crippen LogP contribution >= 0.6 is 0 Å². The summed E-state index contributed by atoms with van der Waals surface area (Å²) in [5.41, 5.74) is 0.442. The second kappa shape index (κ2) is 7.20. The molecule has 0 spiro atoms. The van der Waals surface area contributed by atoms with Crippen LogP contribution in [0.15, 0.2) is 29.2 Å². The van der Waals surface area contributed by atoms with Gasteiger partial charge in [-0.25, -0.2) is 13.1 Å². The van der Waals surface area contributed by atoms with Crippen LogP contribution in [-0.4, -0.2) is 20.1 Å². The summed E-state index contributed by atoms with van der Waals surface area (Å²) in [4.78, 5) is 0.186. The molecule has 0 bridgehead atoms. The van der Waals surface area contributed by atoms with Gasteiger partial charge in [0.15, 0.2) is 0 Å². The smallest absolute Gasteiger partial charge is 0.240 e. The molecule has 1 aromatic carbocycles. The van der Waals surface area contributed by atoms with Gasteiger partial charge in [0, 0.05) is 6.54 Å². The normalized spacial score (nSPS) is 17.2. The van der Waals surface area contributed by atoms with E-state index in [1.54, 1.807) is 18.2 Å². The Balaban J connectivity index is 1.93. The Kier molecular flexibility index (Phi) is 5.57. The third-order valence-corrected chi connectivity index (χ3v) is 5.56. The Morgan fingerprint density at radius 1 is 1.15 bits per heavy atom. The third kappa shape index (κ3) is 4.04. The molecule has 2 N–H and O–H groups in total. The summed E-state index contributed by atoms with van der Waals surface area (Å²) < 4.78 is 27.1. The molecule has 1 fully saturated rings. The van der Waals surface area contributed by atoms with E-state index in [1.807, 2.05) is 0 Å². The Morgan fingerprint density at radius 3 is 2.55 bits per heavy atom. The molecule has 0 atom stereocenters. The van der Waals surface area contributed by atoms with Crippen molar-refractivity contribution in [2.45, 2.75) is 50.0 Å². The van der Waals surface area contributed by atoms with Gasteiger partial charge in [-0.05, 0) is 24.0 Å². The van der Waals surface area contributed by atoms with Gasteiger partial charge in [-0.1, -0.05) is 50.3 Å². The minimum Gasteiger partial charge on any atom is -0.392 e. The molecule has 0 saturated heterocycles. The molecule has 1 saturated carbocycles. The third-order valence-electron chi connectivity index (χ3n) is 4.00. The zero-order valence-corrected chi connectivity index (χ0v) is 12.5. The fourth-order valence-corrected chi connectivity index (χ4v) is 4.13. The number of sulfonamides is 1. The monoisotopic (exact) mass is 297 g/mol. The SMILES string of the molecule is O=S(=O)(NCCC1CCCCC1)c1ccccc1CO. The van der Waals surface area contributed by atoms with E-state index in [-0.39, 0.29) is 11.5 Å². The van der Waals surface area contributed by atoms with Crippen LogP contribution in [0, 0.1) is 5.92 Å². The number of aliphatic hydroxyl groups excluding tert-OH is 1. The topological polar surface area (TPSA) is 66.4 Å². The summed E-state index contributed by atoms with van der Waals surface area (Å²) in [5.74, 6) is 0.652. The molecular weight excluding hydrogens is 274 g/mol. The van der Waals surface area contributed by atoms with Crippen LogP contribution in [0.2, 0.25) is 0 Å². The fraction of sp³-hybridized carbons (Fsp3) is 0.600. The van der Waals surface area contributed by atoms with Crippen molar-refractivity contribution in [1.82, 2.24) is 4.72 Å². The number of hydrogen-bond donors (Lipinski definition) is 2. The van der Waals surface area contributed by atoms with Crippen LogP contribution in [-0.2, 0) is 16.6 Å². The highest BCUT2D eigenvalue weighted by Crippen LogP contribution is 2.26. The Labute approximate surface area is 121 Å². The van der Waals surface area contributed by atoms with E-state index in [4.69, 9.17) is 0 Å². The van der Waals surface area contributed by atoms with Crippen LogP contribution in [0.4, 0.5) is 0 Å². The molecule has 0 heterocycles. The lowest BCUT2D eigenvalue weighted by Gasteiger charge is -2.21. The van der Waals surface area contributed by atoms with Crippen LogP contribution in [0.3, 0.4) is 0 Å². The summed E-state index contributed by atoms with van der Waals surface area (Å²) >= 11 is 0. The van der Waals surface area contributed by atoms with E-state index in [2.05, 4.69) is 4.72 Å². The second-order valence-electron chi connectivity index (χ2n) is 5.46. The minimum absolute atomic E-state index is 0.186.